The summed E-state index contributed by atoms with van der Waals surface area (Å²) in [6, 6.07) is 11.3. The number of aryl methyl sites for hydroxylation is 2. The van der Waals surface area contributed by atoms with Gasteiger partial charge in [-0.25, -0.2) is 0 Å². The van der Waals surface area contributed by atoms with Crippen molar-refractivity contribution >= 4 is 46.6 Å². The molecule has 2 rings (SSSR count). The fraction of sp³-hybridized carbons (Fsp3) is 0.188. The van der Waals surface area contributed by atoms with E-state index in [1.165, 1.54) is 11.8 Å². The van der Waals surface area contributed by atoms with E-state index in [9.17, 15) is 4.79 Å². The minimum atomic E-state index is -0.0824. The van der Waals surface area contributed by atoms with E-state index in [0.29, 0.717) is 10.0 Å². The molecule has 21 heavy (non-hydrogen) atoms. The normalized spacial score (nSPS) is 10.5. The van der Waals surface area contributed by atoms with Gasteiger partial charge >= 0.3 is 0 Å². The molecule has 2 nitrogen and oxygen atoms in total. The molecule has 1 amide bonds. The topological polar surface area (TPSA) is 29.1 Å². The number of rotatable bonds is 4. The minimum absolute atomic E-state index is 0.0824. The summed E-state index contributed by atoms with van der Waals surface area (Å²) < 4.78 is 0. The molecule has 0 bridgehead atoms. The average molecular weight is 340 g/mol. The highest BCUT2D eigenvalue weighted by Crippen LogP contribution is 2.33. The first kappa shape index (κ1) is 16.2. The van der Waals surface area contributed by atoms with Crippen LogP contribution in [0.25, 0.3) is 0 Å². The number of carbonyl (C=O) groups is 1. The maximum atomic E-state index is 12.0. The Labute approximate surface area is 138 Å². The zero-order chi connectivity index (χ0) is 15.4. The summed E-state index contributed by atoms with van der Waals surface area (Å²) in [4.78, 5) is 12.7. The Hall–Kier alpha value is -1.16. The average Bonchev–Trinajstić information content (AvgIpc) is 2.36. The van der Waals surface area contributed by atoms with Crippen molar-refractivity contribution in [1.29, 1.82) is 0 Å². The number of hydrogen-bond donors (Lipinski definition) is 1. The molecule has 1 N–H and O–H groups in total. The van der Waals surface area contributed by atoms with E-state index in [-0.39, 0.29) is 11.7 Å². The maximum absolute atomic E-state index is 12.0. The minimum Gasteiger partial charge on any atom is -0.325 e. The Bertz CT molecular complexity index is 633. The highest BCUT2D eigenvalue weighted by atomic mass is 35.5. The third kappa shape index (κ3) is 4.67. The molecular formula is C16H15Cl2NOS. The summed E-state index contributed by atoms with van der Waals surface area (Å²) >= 11 is 13.5. The van der Waals surface area contributed by atoms with E-state index in [0.717, 1.165) is 21.7 Å². The third-order valence-electron chi connectivity index (χ3n) is 2.77. The van der Waals surface area contributed by atoms with E-state index in [1.807, 2.05) is 26.0 Å². The van der Waals surface area contributed by atoms with Crippen LogP contribution < -0.4 is 5.32 Å². The molecule has 0 aliphatic carbocycles. The Morgan fingerprint density at radius 3 is 2.24 bits per heavy atom. The van der Waals surface area contributed by atoms with Gasteiger partial charge in [0, 0.05) is 10.6 Å². The lowest BCUT2D eigenvalue weighted by molar-refractivity contribution is -0.113. The number of anilines is 1. The van der Waals surface area contributed by atoms with E-state index in [4.69, 9.17) is 23.2 Å². The number of benzene rings is 2. The Morgan fingerprint density at radius 1 is 1.10 bits per heavy atom. The van der Waals surface area contributed by atoms with Gasteiger partial charge in [0.2, 0.25) is 5.91 Å². The van der Waals surface area contributed by atoms with Gasteiger partial charge in [0.05, 0.1) is 15.8 Å². The van der Waals surface area contributed by atoms with Crippen LogP contribution in [0.4, 0.5) is 5.69 Å². The SMILES string of the molecule is Cc1cc(C)cc(NC(=O)CSc2c(Cl)cccc2Cl)c1. The monoisotopic (exact) mass is 339 g/mol. The largest absolute Gasteiger partial charge is 0.325 e. The predicted octanol–water partition coefficient (Wildman–Crippen LogP) is 5.34. The van der Waals surface area contributed by atoms with E-state index in [2.05, 4.69) is 11.4 Å². The molecule has 2 aromatic rings. The van der Waals surface area contributed by atoms with Gasteiger partial charge in [-0.15, -0.1) is 11.8 Å². The molecular weight excluding hydrogens is 325 g/mol. The highest BCUT2D eigenvalue weighted by molar-refractivity contribution is 8.00. The summed E-state index contributed by atoms with van der Waals surface area (Å²) in [5.74, 6) is 0.178. The van der Waals surface area contributed by atoms with Crippen molar-refractivity contribution in [3.63, 3.8) is 0 Å². The van der Waals surface area contributed by atoms with Crippen LogP contribution in [0.15, 0.2) is 41.3 Å². The van der Waals surface area contributed by atoms with Crippen molar-refractivity contribution in [3.05, 3.63) is 57.6 Å². The Morgan fingerprint density at radius 2 is 1.67 bits per heavy atom. The molecule has 0 saturated carbocycles. The summed E-state index contributed by atoms with van der Waals surface area (Å²) in [7, 11) is 0. The molecule has 110 valence electrons. The van der Waals surface area contributed by atoms with Gasteiger partial charge in [-0.2, -0.15) is 0 Å². The highest BCUT2D eigenvalue weighted by Gasteiger charge is 2.09. The number of amides is 1. The molecule has 0 heterocycles. The van der Waals surface area contributed by atoms with Crippen molar-refractivity contribution in [3.8, 4) is 0 Å². The molecule has 0 fully saturated rings. The predicted molar refractivity (Wildman–Crippen MR) is 91.7 cm³/mol. The van der Waals surface area contributed by atoms with Gasteiger partial charge in [-0.1, -0.05) is 35.3 Å². The van der Waals surface area contributed by atoms with Crippen molar-refractivity contribution in [1.82, 2.24) is 0 Å². The molecule has 0 saturated heterocycles. The van der Waals surface area contributed by atoms with Crippen molar-refractivity contribution in [2.45, 2.75) is 18.7 Å². The van der Waals surface area contributed by atoms with Crippen LogP contribution in [-0.4, -0.2) is 11.7 Å². The molecule has 0 aliphatic rings. The molecule has 0 atom stereocenters. The summed E-state index contributed by atoms with van der Waals surface area (Å²) in [5.41, 5.74) is 3.04. The number of nitrogens with one attached hydrogen (secondary N) is 1. The van der Waals surface area contributed by atoms with Crippen molar-refractivity contribution < 1.29 is 4.79 Å². The summed E-state index contributed by atoms with van der Waals surface area (Å²) in [6.45, 7) is 4.00. The number of hydrogen-bond acceptors (Lipinski definition) is 2. The van der Waals surface area contributed by atoms with Gasteiger partial charge < -0.3 is 5.32 Å². The van der Waals surface area contributed by atoms with Gasteiger partial charge in [-0.05, 0) is 49.2 Å². The second-order valence-corrected chi connectivity index (χ2v) is 6.56. The quantitative estimate of drug-likeness (QED) is 0.761. The van der Waals surface area contributed by atoms with Crippen molar-refractivity contribution in [2.24, 2.45) is 0 Å². The second-order valence-electron chi connectivity index (χ2n) is 4.76. The molecule has 0 spiro atoms. The lowest BCUT2D eigenvalue weighted by atomic mass is 10.1. The van der Waals surface area contributed by atoms with Gasteiger partial charge in [-0.3, -0.25) is 4.79 Å². The second kappa shape index (κ2) is 7.21. The van der Waals surface area contributed by atoms with Crippen LogP contribution in [0.3, 0.4) is 0 Å². The number of thioether (sulfide) groups is 1. The van der Waals surface area contributed by atoms with Crippen LogP contribution in [0, 0.1) is 13.8 Å². The number of halogens is 2. The molecule has 0 radical (unpaired) electrons. The van der Waals surface area contributed by atoms with Crippen molar-refractivity contribution in [2.75, 3.05) is 11.1 Å². The smallest absolute Gasteiger partial charge is 0.234 e. The fourth-order valence-corrected chi connectivity index (χ4v) is 3.49. The van der Waals surface area contributed by atoms with Crippen LogP contribution in [-0.2, 0) is 4.79 Å². The first-order chi connectivity index (χ1) is 9.95. The lowest BCUT2D eigenvalue weighted by Crippen LogP contribution is -2.14. The lowest BCUT2D eigenvalue weighted by Gasteiger charge is -2.09. The van der Waals surface area contributed by atoms with E-state index >= 15 is 0 Å². The van der Waals surface area contributed by atoms with Crippen LogP contribution >= 0.6 is 35.0 Å². The fourth-order valence-electron chi connectivity index (χ4n) is 2.00. The Kier molecular flexibility index (Phi) is 5.57. The molecule has 0 aliphatic heterocycles. The zero-order valence-electron chi connectivity index (χ0n) is 11.7. The van der Waals surface area contributed by atoms with E-state index < -0.39 is 0 Å². The maximum Gasteiger partial charge on any atom is 0.234 e. The number of carbonyl (C=O) groups excluding carboxylic acids is 1. The van der Waals surface area contributed by atoms with E-state index in [1.54, 1.807) is 18.2 Å². The first-order valence-corrected chi connectivity index (χ1v) is 8.15. The van der Waals surface area contributed by atoms with Gasteiger partial charge in [0.15, 0.2) is 0 Å². The summed E-state index contributed by atoms with van der Waals surface area (Å²) in [6.07, 6.45) is 0. The molecule has 0 aromatic heterocycles. The van der Waals surface area contributed by atoms with Gasteiger partial charge in [0.25, 0.3) is 0 Å². The first-order valence-electron chi connectivity index (χ1n) is 6.40. The molecule has 2 aromatic carbocycles. The standard InChI is InChI=1S/C16H15Cl2NOS/c1-10-6-11(2)8-12(7-10)19-15(20)9-21-16-13(17)4-3-5-14(16)18/h3-8H,9H2,1-2H3,(H,19,20). The molecule has 0 unspecified atom stereocenters. The third-order valence-corrected chi connectivity index (χ3v) is 4.76. The van der Waals surface area contributed by atoms with Crippen LogP contribution in [0.5, 0.6) is 0 Å². The molecule has 5 heteroatoms. The van der Waals surface area contributed by atoms with Gasteiger partial charge in [0.1, 0.15) is 0 Å². The zero-order valence-corrected chi connectivity index (χ0v) is 14.1. The Balaban J connectivity index is 1.99. The van der Waals surface area contributed by atoms with Crippen LogP contribution in [0.1, 0.15) is 11.1 Å². The summed E-state index contributed by atoms with van der Waals surface area (Å²) in [5, 5.41) is 4.01. The van der Waals surface area contributed by atoms with Crippen LogP contribution in [0.2, 0.25) is 10.0 Å².